The largest absolute Gasteiger partial charge is 0.349 e. The molecule has 0 saturated carbocycles. The fourth-order valence-corrected chi connectivity index (χ4v) is 5.35. The van der Waals surface area contributed by atoms with Crippen molar-refractivity contribution in [2.24, 2.45) is 5.92 Å². The summed E-state index contributed by atoms with van der Waals surface area (Å²) >= 11 is 1.67. The highest BCUT2D eigenvalue weighted by Gasteiger charge is 2.25. The average Bonchev–Trinajstić information content (AvgIpc) is 3.13. The summed E-state index contributed by atoms with van der Waals surface area (Å²) in [5, 5.41) is 6.15. The Balaban J connectivity index is 1.23. The Bertz CT molecular complexity index is 856. The molecule has 6 heteroatoms. The number of amides is 2. The first-order valence-electron chi connectivity index (χ1n) is 10.6. The number of carbonyl (C=O) groups excluding carboxylic acids is 2. The van der Waals surface area contributed by atoms with Crippen molar-refractivity contribution in [1.29, 1.82) is 0 Å². The van der Waals surface area contributed by atoms with Crippen LogP contribution in [0.25, 0.3) is 0 Å². The summed E-state index contributed by atoms with van der Waals surface area (Å²) < 4.78 is 0. The van der Waals surface area contributed by atoms with Crippen molar-refractivity contribution in [3.05, 3.63) is 51.7 Å². The summed E-state index contributed by atoms with van der Waals surface area (Å²) in [6.45, 7) is 4.33. The number of aryl methyl sites for hydroxylation is 1. The first-order chi connectivity index (χ1) is 14.1. The normalized spacial score (nSPS) is 20.1. The van der Waals surface area contributed by atoms with E-state index >= 15 is 0 Å². The Labute approximate surface area is 176 Å². The molecule has 4 rings (SSSR count). The number of thiophene rings is 1. The molecule has 1 aromatic carbocycles. The second-order valence-electron chi connectivity index (χ2n) is 8.35. The molecular weight excluding hydrogens is 382 g/mol. The summed E-state index contributed by atoms with van der Waals surface area (Å²) in [7, 11) is 0. The highest BCUT2D eigenvalue weighted by molar-refractivity contribution is 7.14. The third kappa shape index (κ3) is 5.25. The zero-order chi connectivity index (χ0) is 20.2. The van der Waals surface area contributed by atoms with Crippen LogP contribution in [0, 0.1) is 5.92 Å². The fourth-order valence-electron chi connectivity index (χ4n) is 4.23. The Morgan fingerprint density at radius 1 is 1.14 bits per heavy atom. The van der Waals surface area contributed by atoms with E-state index in [1.807, 2.05) is 30.3 Å². The van der Waals surface area contributed by atoms with Gasteiger partial charge in [0.15, 0.2) is 0 Å². The maximum atomic E-state index is 12.7. The number of nitrogens with one attached hydrogen (secondary N) is 2. The van der Waals surface area contributed by atoms with Crippen LogP contribution in [0.5, 0.6) is 0 Å². The molecule has 2 amide bonds. The number of hydrogen-bond acceptors (Lipinski definition) is 4. The van der Waals surface area contributed by atoms with E-state index in [9.17, 15) is 9.59 Å². The van der Waals surface area contributed by atoms with Gasteiger partial charge in [0.25, 0.3) is 5.91 Å². The third-order valence-electron chi connectivity index (χ3n) is 5.90. The zero-order valence-electron chi connectivity index (χ0n) is 16.9. The molecule has 1 saturated heterocycles. The zero-order valence-corrected chi connectivity index (χ0v) is 17.8. The van der Waals surface area contributed by atoms with E-state index in [0.29, 0.717) is 6.54 Å². The standard InChI is InChI=1S/C23H29N3O2S/c1-16-7-8-20-17(13-16)14-21(29-20)23(28)25-19-9-11-26(12-10-19)15-22(27)24-18-5-3-2-4-6-18/h2-6,14,16,19H,7-13,15H2,1H3,(H,24,27)(H,25,28)/t16-/m1/s1. The summed E-state index contributed by atoms with van der Waals surface area (Å²) in [5.41, 5.74) is 2.20. The van der Waals surface area contributed by atoms with E-state index in [2.05, 4.69) is 28.5 Å². The lowest BCUT2D eigenvalue weighted by atomic mass is 9.90. The van der Waals surface area contributed by atoms with Crippen LogP contribution in [0.3, 0.4) is 0 Å². The molecule has 1 aliphatic carbocycles. The Morgan fingerprint density at radius 3 is 2.66 bits per heavy atom. The molecule has 0 unspecified atom stereocenters. The minimum atomic E-state index is 0.0112. The van der Waals surface area contributed by atoms with Crippen molar-refractivity contribution in [2.75, 3.05) is 25.0 Å². The van der Waals surface area contributed by atoms with Gasteiger partial charge in [-0.3, -0.25) is 14.5 Å². The quantitative estimate of drug-likeness (QED) is 0.789. The van der Waals surface area contributed by atoms with Crippen molar-refractivity contribution in [3.8, 4) is 0 Å². The lowest BCUT2D eigenvalue weighted by Crippen LogP contribution is -2.46. The maximum Gasteiger partial charge on any atom is 0.261 e. The van der Waals surface area contributed by atoms with Crippen molar-refractivity contribution in [2.45, 2.75) is 45.1 Å². The molecule has 1 fully saturated rings. The van der Waals surface area contributed by atoms with Gasteiger partial charge in [-0.15, -0.1) is 11.3 Å². The van der Waals surface area contributed by atoms with Gasteiger partial charge >= 0.3 is 0 Å². The van der Waals surface area contributed by atoms with Crippen molar-refractivity contribution >= 4 is 28.8 Å². The van der Waals surface area contributed by atoms with E-state index in [1.165, 1.54) is 16.9 Å². The number of anilines is 1. The Morgan fingerprint density at radius 2 is 1.90 bits per heavy atom. The van der Waals surface area contributed by atoms with Crippen LogP contribution < -0.4 is 10.6 Å². The average molecular weight is 412 g/mol. The van der Waals surface area contributed by atoms with Gasteiger partial charge in [-0.1, -0.05) is 25.1 Å². The van der Waals surface area contributed by atoms with E-state index in [-0.39, 0.29) is 17.9 Å². The molecule has 2 N–H and O–H groups in total. The summed E-state index contributed by atoms with van der Waals surface area (Å²) in [6.07, 6.45) is 5.20. The third-order valence-corrected chi connectivity index (χ3v) is 7.14. The van der Waals surface area contributed by atoms with Crippen molar-refractivity contribution in [1.82, 2.24) is 10.2 Å². The molecule has 2 aromatic rings. The number of benzene rings is 1. The van der Waals surface area contributed by atoms with E-state index < -0.39 is 0 Å². The van der Waals surface area contributed by atoms with Crippen LogP contribution in [0.2, 0.25) is 0 Å². The van der Waals surface area contributed by atoms with Gasteiger partial charge in [0.2, 0.25) is 5.91 Å². The molecule has 0 radical (unpaired) electrons. The number of para-hydroxylation sites is 1. The minimum Gasteiger partial charge on any atom is -0.349 e. The van der Waals surface area contributed by atoms with Gasteiger partial charge in [0.05, 0.1) is 11.4 Å². The monoisotopic (exact) mass is 411 g/mol. The lowest BCUT2D eigenvalue weighted by Gasteiger charge is -2.31. The summed E-state index contributed by atoms with van der Waals surface area (Å²) in [5.74, 6) is 0.797. The fraction of sp³-hybridized carbons (Fsp3) is 0.478. The van der Waals surface area contributed by atoms with Gasteiger partial charge < -0.3 is 10.6 Å². The van der Waals surface area contributed by atoms with Crippen LogP contribution in [0.15, 0.2) is 36.4 Å². The van der Waals surface area contributed by atoms with Crippen LogP contribution in [0.4, 0.5) is 5.69 Å². The smallest absolute Gasteiger partial charge is 0.261 e. The van der Waals surface area contributed by atoms with Gasteiger partial charge in [-0.25, -0.2) is 0 Å². The van der Waals surface area contributed by atoms with Gasteiger partial charge in [0.1, 0.15) is 0 Å². The second kappa shape index (κ2) is 9.09. The molecule has 29 heavy (non-hydrogen) atoms. The highest BCUT2D eigenvalue weighted by atomic mass is 32.1. The van der Waals surface area contributed by atoms with Crippen LogP contribution in [0.1, 0.15) is 46.3 Å². The van der Waals surface area contributed by atoms with Crippen LogP contribution in [-0.2, 0) is 17.6 Å². The predicted octanol–water partition coefficient (Wildman–Crippen LogP) is 3.71. The number of hydrogen-bond donors (Lipinski definition) is 2. The second-order valence-corrected chi connectivity index (χ2v) is 9.48. The van der Waals surface area contributed by atoms with Crippen molar-refractivity contribution in [3.63, 3.8) is 0 Å². The molecule has 1 aromatic heterocycles. The van der Waals surface area contributed by atoms with Crippen LogP contribution >= 0.6 is 11.3 Å². The van der Waals surface area contributed by atoms with E-state index in [4.69, 9.17) is 0 Å². The van der Waals surface area contributed by atoms with Gasteiger partial charge in [-0.05, 0) is 61.8 Å². The topological polar surface area (TPSA) is 61.4 Å². The molecule has 2 aliphatic rings. The molecule has 1 atom stereocenters. The SMILES string of the molecule is C[C@@H]1CCc2sc(C(=O)NC3CCN(CC(=O)Nc4ccccc4)CC3)cc2C1. The summed E-state index contributed by atoms with van der Waals surface area (Å²) in [6, 6.07) is 11.8. The van der Waals surface area contributed by atoms with Crippen molar-refractivity contribution < 1.29 is 9.59 Å². The molecule has 0 spiro atoms. The van der Waals surface area contributed by atoms with Gasteiger partial charge in [-0.2, -0.15) is 0 Å². The molecule has 1 aliphatic heterocycles. The van der Waals surface area contributed by atoms with E-state index in [0.717, 1.165) is 55.3 Å². The first-order valence-corrected chi connectivity index (χ1v) is 11.4. The molecule has 2 heterocycles. The number of carbonyl (C=O) groups is 2. The Kier molecular flexibility index (Phi) is 6.31. The number of fused-ring (bicyclic) bond motifs is 1. The number of rotatable bonds is 5. The summed E-state index contributed by atoms with van der Waals surface area (Å²) in [4.78, 5) is 29.3. The number of likely N-dealkylation sites (tertiary alicyclic amines) is 1. The molecule has 5 nitrogen and oxygen atoms in total. The molecular formula is C23H29N3O2S. The first kappa shape index (κ1) is 20.1. The van der Waals surface area contributed by atoms with Gasteiger partial charge in [0, 0.05) is 29.7 Å². The number of nitrogens with zero attached hydrogens (tertiary/aromatic N) is 1. The highest BCUT2D eigenvalue weighted by Crippen LogP contribution is 2.32. The Hall–Kier alpha value is -2.18. The maximum absolute atomic E-state index is 12.7. The predicted molar refractivity (Wildman–Crippen MR) is 118 cm³/mol. The minimum absolute atomic E-state index is 0.0112. The number of piperidine rings is 1. The molecule has 154 valence electrons. The van der Waals surface area contributed by atoms with E-state index in [1.54, 1.807) is 11.3 Å². The molecule has 0 bridgehead atoms. The van der Waals surface area contributed by atoms with Crippen LogP contribution in [-0.4, -0.2) is 42.4 Å². The lowest BCUT2D eigenvalue weighted by molar-refractivity contribution is -0.117.